The van der Waals surface area contributed by atoms with Gasteiger partial charge >= 0.3 is 0 Å². The molecule has 0 atom stereocenters. The van der Waals surface area contributed by atoms with Crippen LogP contribution in [0.5, 0.6) is 5.75 Å². The van der Waals surface area contributed by atoms with Crippen LogP contribution in [-0.2, 0) is 0 Å². The highest BCUT2D eigenvalue weighted by atomic mass is 32.1. The zero-order chi connectivity index (χ0) is 10.1. The summed E-state index contributed by atoms with van der Waals surface area (Å²) in [5, 5.41) is 1.93. The van der Waals surface area contributed by atoms with E-state index in [4.69, 9.17) is 10.5 Å². The number of thiazole rings is 1. The maximum Gasteiger partial charge on any atom is 0.137 e. The lowest BCUT2D eigenvalue weighted by Crippen LogP contribution is -2.06. The van der Waals surface area contributed by atoms with Gasteiger partial charge in [-0.15, -0.1) is 11.3 Å². The van der Waals surface area contributed by atoms with E-state index in [1.165, 1.54) is 0 Å². The van der Waals surface area contributed by atoms with Crippen molar-refractivity contribution in [1.29, 1.82) is 0 Å². The fourth-order valence-electron chi connectivity index (χ4n) is 0.789. The standard InChI is InChI=1S/C7H9NO.C3H3NS/c8-6-9-7-4-2-1-3-5-7;1-2-5-3-4-1/h1-5H,6,8H2;1-3H. The van der Waals surface area contributed by atoms with Crippen LogP contribution in [0, 0.1) is 0 Å². The topological polar surface area (TPSA) is 48.1 Å². The Bertz CT molecular complexity index is 293. The third kappa shape index (κ3) is 4.59. The van der Waals surface area contributed by atoms with Crippen LogP contribution < -0.4 is 10.5 Å². The molecule has 1 heterocycles. The molecule has 74 valence electrons. The molecule has 0 aliphatic heterocycles. The van der Waals surface area contributed by atoms with Gasteiger partial charge in [-0.1, -0.05) is 18.2 Å². The lowest BCUT2D eigenvalue weighted by molar-refractivity contribution is 0.329. The van der Waals surface area contributed by atoms with Crippen LogP contribution in [0.4, 0.5) is 0 Å². The van der Waals surface area contributed by atoms with Crippen LogP contribution in [0.3, 0.4) is 0 Å². The number of aromatic nitrogens is 1. The highest BCUT2D eigenvalue weighted by Gasteiger charge is 1.83. The number of rotatable bonds is 2. The molecule has 3 nitrogen and oxygen atoms in total. The van der Waals surface area contributed by atoms with Gasteiger partial charge in [0.2, 0.25) is 0 Å². The molecule has 2 N–H and O–H groups in total. The molecule has 0 unspecified atom stereocenters. The molecule has 1 aromatic heterocycles. The monoisotopic (exact) mass is 208 g/mol. The van der Waals surface area contributed by atoms with Crippen LogP contribution in [-0.4, -0.2) is 11.7 Å². The van der Waals surface area contributed by atoms with Crippen molar-refractivity contribution >= 4 is 11.3 Å². The Morgan fingerprint density at radius 1 is 1.29 bits per heavy atom. The molecule has 0 aliphatic rings. The molecule has 0 aliphatic carbocycles. The van der Waals surface area contributed by atoms with Gasteiger partial charge in [-0.05, 0) is 12.1 Å². The minimum atomic E-state index is 0.240. The van der Waals surface area contributed by atoms with E-state index in [0.29, 0.717) is 0 Å². The summed E-state index contributed by atoms with van der Waals surface area (Å²) < 4.78 is 4.98. The molecule has 0 saturated heterocycles. The van der Waals surface area contributed by atoms with Crippen molar-refractivity contribution in [1.82, 2.24) is 4.98 Å². The van der Waals surface area contributed by atoms with Gasteiger partial charge in [-0.3, -0.25) is 10.7 Å². The van der Waals surface area contributed by atoms with E-state index in [9.17, 15) is 0 Å². The molecule has 0 bridgehead atoms. The molecule has 0 amide bonds. The number of benzene rings is 1. The largest absolute Gasteiger partial charge is 0.479 e. The van der Waals surface area contributed by atoms with Crippen molar-refractivity contribution in [2.45, 2.75) is 0 Å². The molecule has 2 aromatic rings. The third-order valence-corrected chi connectivity index (χ3v) is 1.86. The smallest absolute Gasteiger partial charge is 0.137 e. The highest BCUT2D eigenvalue weighted by Crippen LogP contribution is 2.06. The van der Waals surface area contributed by atoms with Gasteiger partial charge in [-0.25, -0.2) is 0 Å². The molecule has 0 spiro atoms. The van der Waals surface area contributed by atoms with Crippen molar-refractivity contribution in [3.05, 3.63) is 47.4 Å². The predicted octanol–water partition coefficient (Wildman–Crippen LogP) is 2.12. The molecule has 0 fully saturated rings. The fourth-order valence-corrected chi connectivity index (χ4v) is 1.14. The van der Waals surface area contributed by atoms with Gasteiger partial charge in [0.25, 0.3) is 0 Å². The van der Waals surface area contributed by atoms with Gasteiger partial charge in [0.15, 0.2) is 0 Å². The van der Waals surface area contributed by atoms with E-state index < -0.39 is 0 Å². The first-order valence-corrected chi connectivity index (χ1v) is 5.08. The minimum absolute atomic E-state index is 0.240. The second kappa shape index (κ2) is 7.06. The first kappa shape index (κ1) is 10.7. The molecule has 2 rings (SSSR count). The Kier molecular flexibility index (Phi) is 5.39. The van der Waals surface area contributed by atoms with Gasteiger partial charge in [0, 0.05) is 11.6 Å². The highest BCUT2D eigenvalue weighted by molar-refractivity contribution is 7.07. The lowest BCUT2D eigenvalue weighted by atomic mass is 10.3. The van der Waals surface area contributed by atoms with E-state index in [1.54, 1.807) is 23.0 Å². The summed E-state index contributed by atoms with van der Waals surface area (Å²) >= 11 is 1.60. The van der Waals surface area contributed by atoms with Gasteiger partial charge in [0.05, 0.1) is 5.51 Å². The fraction of sp³-hybridized carbons (Fsp3) is 0.100. The summed E-state index contributed by atoms with van der Waals surface area (Å²) in [7, 11) is 0. The molecular weight excluding hydrogens is 196 g/mol. The Hall–Kier alpha value is -1.39. The van der Waals surface area contributed by atoms with Crippen molar-refractivity contribution in [3.63, 3.8) is 0 Å². The van der Waals surface area contributed by atoms with Gasteiger partial charge in [-0.2, -0.15) is 0 Å². The SMILES string of the molecule is NCOc1ccccc1.c1cscn1. The maximum atomic E-state index is 5.14. The number of hydrogen-bond acceptors (Lipinski definition) is 4. The number of para-hydroxylation sites is 1. The molecule has 14 heavy (non-hydrogen) atoms. The first-order valence-electron chi connectivity index (χ1n) is 4.13. The van der Waals surface area contributed by atoms with Gasteiger partial charge < -0.3 is 4.74 Å². The molecule has 0 radical (unpaired) electrons. The van der Waals surface area contributed by atoms with E-state index in [1.807, 2.05) is 35.7 Å². The van der Waals surface area contributed by atoms with Crippen molar-refractivity contribution in [2.24, 2.45) is 5.73 Å². The third-order valence-electron chi connectivity index (χ3n) is 1.34. The van der Waals surface area contributed by atoms with E-state index in [2.05, 4.69) is 4.98 Å². The summed E-state index contributed by atoms with van der Waals surface area (Å²) in [5.74, 6) is 0.819. The second-order valence-corrected chi connectivity index (χ2v) is 3.05. The number of nitrogens with two attached hydrogens (primary N) is 1. The summed E-state index contributed by atoms with van der Waals surface area (Å²) in [4.78, 5) is 3.74. The van der Waals surface area contributed by atoms with Crippen LogP contribution in [0.25, 0.3) is 0 Å². The van der Waals surface area contributed by atoms with Crippen LogP contribution in [0.15, 0.2) is 47.4 Å². The minimum Gasteiger partial charge on any atom is -0.479 e. The van der Waals surface area contributed by atoms with Gasteiger partial charge in [0.1, 0.15) is 12.5 Å². The summed E-state index contributed by atoms with van der Waals surface area (Å²) in [6.45, 7) is 0.240. The summed E-state index contributed by atoms with van der Waals surface area (Å²) in [5.41, 5.74) is 6.93. The second-order valence-electron chi connectivity index (χ2n) is 2.30. The lowest BCUT2D eigenvalue weighted by Gasteiger charge is -1.98. The number of hydrogen-bond donors (Lipinski definition) is 1. The predicted molar refractivity (Wildman–Crippen MR) is 58.2 cm³/mol. The Morgan fingerprint density at radius 3 is 2.50 bits per heavy atom. The first-order chi connectivity index (χ1) is 6.93. The average Bonchev–Trinajstić information content (AvgIpc) is 2.78. The molecule has 4 heteroatoms. The van der Waals surface area contributed by atoms with Crippen molar-refractivity contribution in [3.8, 4) is 5.75 Å². The van der Waals surface area contributed by atoms with E-state index in [0.717, 1.165) is 5.75 Å². The zero-order valence-corrected chi connectivity index (χ0v) is 8.48. The Morgan fingerprint density at radius 2 is 2.07 bits per heavy atom. The van der Waals surface area contributed by atoms with Crippen LogP contribution in [0.1, 0.15) is 0 Å². The van der Waals surface area contributed by atoms with Crippen molar-refractivity contribution in [2.75, 3.05) is 6.73 Å². The zero-order valence-electron chi connectivity index (χ0n) is 7.67. The Balaban J connectivity index is 0.000000165. The molecule has 1 aromatic carbocycles. The average molecular weight is 208 g/mol. The Labute approximate surface area is 87.2 Å². The van der Waals surface area contributed by atoms with Crippen LogP contribution in [0.2, 0.25) is 0 Å². The van der Waals surface area contributed by atoms with Crippen LogP contribution >= 0.6 is 11.3 Å². The normalized spacial score (nSPS) is 8.64. The maximum absolute atomic E-state index is 5.14. The summed E-state index contributed by atoms with van der Waals surface area (Å²) in [6, 6.07) is 9.49. The molecular formula is C10H12N2OS. The quantitative estimate of drug-likeness (QED) is 0.769. The number of ether oxygens (including phenoxy) is 1. The number of nitrogens with zero attached hydrogens (tertiary/aromatic N) is 1. The van der Waals surface area contributed by atoms with Crippen molar-refractivity contribution < 1.29 is 4.74 Å². The van der Waals surface area contributed by atoms with E-state index in [-0.39, 0.29) is 6.73 Å². The molecule has 0 saturated carbocycles. The summed E-state index contributed by atoms with van der Waals surface area (Å²) in [6.07, 6.45) is 1.77. The van der Waals surface area contributed by atoms with E-state index >= 15 is 0 Å².